The van der Waals surface area contributed by atoms with E-state index in [0.29, 0.717) is 17.8 Å². The van der Waals surface area contributed by atoms with E-state index in [2.05, 4.69) is 14.9 Å². The monoisotopic (exact) mass is 301 g/mol. The maximum absolute atomic E-state index is 11.6. The van der Waals surface area contributed by atoms with Gasteiger partial charge in [-0.05, 0) is 24.6 Å². The van der Waals surface area contributed by atoms with Gasteiger partial charge < -0.3 is 10.2 Å². The van der Waals surface area contributed by atoms with E-state index < -0.39 is 10.0 Å². The minimum atomic E-state index is -3.32. The Hall–Kier alpha value is -1.64. The highest BCUT2D eigenvalue weighted by Gasteiger charge is 2.08. The maximum atomic E-state index is 11.6. The summed E-state index contributed by atoms with van der Waals surface area (Å²) in [6.45, 7) is 2.12. The van der Waals surface area contributed by atoms with Gasteiger partial charge in [0.05, 0.1) is 18.8 Å². The normalized spacial score (nSPS) is 11.1. The fourth-order valence-corrected chi connectivity index (χ4v) is 2.12. The highest BCUT2D eigenvalue weighted by atomic mass is 32.2. The smallest absolute Gasteiger partial charge is 0.232 e. The number of rotatable bonds is 8. The Morgan fingerprint density at radius 3 is 2.80 bits per heavy atom. The molecular formula is C12H19N3O4S. The molecule has 0 aromatic heterocycles. The fourth-order valence-electron chi connectivity index (χ4n) is 1.49. The molecule has 0 aliphatic carbocycles. The van der Waals surface area contributed by atoms with Crippen molar-refractivity contribution in [3.63, 3.8) is 0 Å². The van der Waals surface area contributed by atoms with E-state index in [1.165, 1.54) is 0 Å². The molecule has 0 atom stereocenters. The Bertz CT molecular complexity index is 545. The quantitative estimate of drug-likeness (QED) is 0.462. The fraction of sp³-hybridized carbons (Fsp3) is 0.417. The summed E-state index contributed by atoms with van der Waals surface area (Å²) in [4.78, 5) is 15.9. The van der Waals surface area contributed by atoms with Crippen molar-refractivity contribution in [1.29, 1.82) is 0 Å². The highest BCUT2D eigenvalue weighted by Crippen LogP contribution is 2.13. The van der Waals surface area contributed by atoms with E-state index in [4.69, 9.17) is 5.90 Å². The Balaban J connectivity index is 2.62. The summed E-state index contributed by atoms with van der Waals surface area (Å²) in [7, 11) is -3.32. The zero-order chi connectivity index (χ0) is 15.0. The van der Waals surface area contributed by atoms with Crippen LogP contribution in [0.2, 0.25) is 0 Å². The molecule has 0 aliphatic rings. The predicted molar refractivity (Wildman–Crippen MR) is 76.4 cm³/mol. The summed E-state index contributed by atoms with van der Waals surface area (Å²) >= 11 is 0. The van der Waals surface area contributed by atoms with Gasteiger partial charge in [0.15, 0.2) is 0 Å². The van der Waals surface area contributed by atoms with Crippen molar-refractivity contribution in [2.45, 2.75) is 13.3 Å². The molecule has 0 radical (unpaired) electrons. The topological polar surface area (TPSA) is 111 Å². The van der Waals surface area contributed by atoms with E-state index in [1.54, 1.807) is 31.2 Å². The van der Waals surface area contributed by atoms with Crippen molar-refractivity contribution >= 4 is 21.6 Å². The Kier molecular flexibility index (Phi) is 6.43. The SMILES string of the molecule is CCS(=O)(=O)Nc1cccc(CC(=O)NCCON)c1. The zero-order valence-electron chi connectivity index (χ0n) is 11.3. The summed E-state index contributed by atoms with van der Waals surface area (Å²) in [5.41, 5.74) is 1.16. The average molecular weight is 301 g/mol. The van der Waals surface area contributed by atoms with Crippen LogP contribution >= 0.6 is 0 Å². The third-order valence-electron chi connectivity index (χ3n) is 2.49. The molecule has 1 aromatic carbocycles. The Morgan fingerprint density at radius 1 is 1.40 bits per heavy atom. The van der Waals surface area contributed by atoms with E-state index in [1.807, 2.05) is 0 Å². The number of carbonyl (C=O) groups is 1. The van der Waals surface area contributed by atoms with E-state index in [0.717, 1.165) is 0 Å². The first-order chi connectivity index (χ1) is 9.46. The molecule has 1 rings (SSSR count). The van der Waals surface area contributed by atoms with Gasteiger partial charge >= 0.3 is 0 Å². The number of carbonyl (C=O) groups excluding carboxylic acids is 1. The molecule has 0 heterocycles. The van der Waals surface area contributed by atoms with Crippen LogP contribution in [0.25, 0.3) is 0 Å². The van der Waals surface area contributed by atoms with Crippen LogP contribution in [-0.2, 0) is 26.1 Å². The number of hydrogen-bond donors (Lipinski definition) is 3. The van der Waals surface area contributed by atoms with E-state index in [-0.39, 0.29) is 24.7 Å². The Morgan fingerprint density at radius 2 is 2.15 bits per heavy atom. The van der Waals surface area contributed by atoms with Gasteiger partial charge in [-0.15, -0.1) is 0 Å². The second kappa shape index (κ2) is 7.83. The minimum Gasteiger partial charge on any atom is -0.353 e. The molecule has 0 spiro atoms. The van der Waals surface area contributed by atoms with Crippen molar-refractivity contribution in [3.8, 4) is 0 Å². The second-order valence-corrected chi connectivity index (χ2v) is 6.11. The molecule has 0 saturated heterocycles. The van der Waals surface area contributed by atoms with Crippen LogP contribution in [0, 0.1) is 0 Å². The van der Waals surface area contributed by atoms with Gasteiger partial charge in [-0.1, -0.05) is 12.1 Å². The van der Waals surface area contributed by atoms with Crippen LogP contribution in [0.4, 0.5) is 5.69 Å². The molecule has 1 aromatic rings. The number of nitrogens with one attached hydrogen (secondary N) is 2. The summed E-state index contributed by atoms with van der Waals surface area (Å²) in [6.07, 6.45) is 0.159. The van der Waals surface area contributed by atoms with Crippen molar-refractivity contribution in [1.82, 2.24) is 5.32 Å². The average Bonchev–Trinajstić information content (AvgIpc) is 2.39. The zero-order valence-corrected chi connectivity index (χ0v) is 12.1. The number of benzene rings is 1. The lowest BCUT2D eigenvalue weighted by Gasteiger charge is -2.08. The molecule has 7 nitrogen and oxygen atoms in total. The predicted octanol–water partition coefficient (Wildman–Crippen LogP) is -0.00280. The van der Waals surface area contributed by atoms with E-state index >= 15 is 0 Å². The minimum absolute atomic E-state index is 0.00317. The molecule has 0 bridgehead atoms. The lowest BCUT2D eigenvalue weighted by molar-refractivity contribution is -0.120. The second-order valence-electron chi connectivity index (χ2n) is 4.10. The molecule has 1 amide bonds. The number of amides is 1. The molecule has 4 N–H and O–H groups in total. The summed E-state index contributed by atoms with van der Waals surface area (Å²) < 4.78 is 25.4. The van der Waals surface area contributed by atoms with Gasteiger partial charge in [0.1, 0.15) is 0 Å². The van der Waals surface area contributed by atoms with Gasteiger partial charge in [0.25, 0.3) is 0 Å². The van der Waals surface area contributed by atoms with Gasteiger partial charge in [0.2, 0.25) is 15.9 Å². The van der Waals surface area contributed by atoms with E-state index in [9.17, 15) is 13.2 Å². The van der Waals surface area contributed by atoms with Crippen LogP contribution in [0.5, 0.6) is 0 Å². The molecule has 0 fully saturated rings. The molecular weight excluding hydrogens is 282 g/mol. The molecule has 0 saturated carbocycles. The van der Waals surface area contributed by atoms with Gasteiger partial charge in [0, 0.05) is 12.2 Å². The molecule has 20 heavy (non-hydrogen) atoms. The standard InChI is InChI=1S/C12H19N3O4S/c1-2-20(17,18)15-11-5-3-4-10(8-11)9-12(16)14-6-7-19-13/h3-5,8,15H,2,6-7,9,13H2,1H3,(H,14,16). The lowest BCUT2D eigenvalue weighted by atomic mass is 10.1. The summed E-state index contributed by atoms with van der Waals surface area (Å²) in [6, 6.07) is 6.71. The van der Waals surface area contributed by atoms with Crippen molar-refractivity contribution in [2.24, 2.45) is 5.90 Å². The van der Waals surface area contributed by atoms with Crippen LogP contribution in [0.1, 0.15) is 12.5 Å². The first-order valence-electron chi connectivity index (χ1n) is 6.14. The molecule has 8 heteroatoms. The van der Waals surface area contributed by atoms with Crippen molar-refractivity contribution in [2.75, 3.05) is 23.6 Å². The van der Waals surface area contributed by atoms with Crippen LogP contribution in [-0.4, -0.2) is 33.2 Å². The molecule has 0 aliphatic heterocycles. The van der Waals surface area contributed by atoms with Gasteiger partial charge in [-0.2, -0.15) is 0 Å². The van der Waals surface area contributed by atoms with Crippen molar-refractivity contribution in [3.05, 3.63) is 29.8 Å². The van der Waals surface area contributed by atoms with Gasteiger partial charge in [-0.3, -0.25) is 9.52 Å². The number of sulfonamides is 1. The lowest BCUT2D eigenvalue weighted by Crippen LogP contribution is -2.29. The van der Waals surface area contributed by atoms with Crippen LogP contribution < -0.4 is 15.9 Å². The van der Waals surface area contributed by atoms with Crippen molar-refractivity contribution < 1.29 is 18.0 Å². The molecule has 0 unspecified atom stereocenters. The highest BCUT2D eigenvalue weighted by molar-refractivity contribution is 7.92. The summed E-state index contributed by atoms with van der Waals surface area (Å²) in [5, 5.41) is 2.63. The van der Waals surface area contributed by atoms with Crippen LogP contribution in [0.3, 0.4) is 0 Å². The third-order valence-corrected chi connectivity index (χ3v) is 3.79. The first kappa shape index (κ1) is 16.4. The summed E-state index contributed by atoms with van der Waals surface area (Å²) in [5.74, 6) is 4.66. The number of nitrogens with two attached hydrogens (primary N) is 1. The number of anilines is 1. The maximum Gasteiger partial charge on any atom is 0.232 e. The Labute approximate surface area is 118 Å². The van der Waals surface area contributed by atoms with Gasteiger partial charge in [-0.25, -0.2) is 14.3 Å². The third kappa shape index (κ3) is 6.00. The van der Waals surface area contributed by atoms with Crippen LogP contribution in [0.15, 0.2) is 24.3 Å². The number of hydrogen-bond acceptors (Lipinski definition) is 5. The molecule has 112 valence electrons. The largest absolute Gasteiger partial charge is 0.353 e. The first-order valence-corrected chi connectivity index (χ1v) is 7.80.